The topological polar surface area (TPSA) is 75.4 Å². The number of hydrogen-bond donors (Lipinski definition) is 2. The fraction of sp³-hybridized carbons (Fsp3) is 0.529. The van der Waals surface area contributed by atoms with E-state index in [4.69, 9.17) is 5.73 Å². The van der Waals surface area contributed by atoms with Crippen LogP contribution in [0.1, 0.15) is 42.6 Å². The molecule has 0 aliphatic rings. The van der Waals surface area contributed by atoms with Gasteiger partial charge in [-0.1, -0.05) is 26.0 Å². The number of unbranched alkanes of at least 4 members (excludes halogenated alkanes) is 1. The smallest absolute Gasteiger partial charge is 0.251 e. The predicted octanol–water partition coefficient (Wildman–Crippen LogP) is 1.77. The summed E-state index contributed by atoms with van der Waals surface area (Å²) in [5, 5.41) is 2.87. The average Bonchev–Trinajstić information content (AvgIpc) is 2.51. The highest BCUT2D eigenvalue weighted by molar-refractivity contribution is 5.94. The second-order valence-electron chi connectivity index (χ2n) is 5.80. The van der Waals surface area contributed by atoms with Gasteiger partial charge in [0.25, 0.3) is 5.91 Å². The minimum absolute atomic E-state index is 0.0106. The predicted molar refractivity (Wildman–Crippen MR) is 88.4 cm³/mol. The molecule has 0 radical (unpaired) electrons. The van der Waals surface area contributed by atoms with Gasteiger partial charge in [0.1, 0.15) is 0 Å². The van der Waals surface area contributed by atoms with Crippen LogP contribution in [0.2, 0.25) is 0 Å². The number of nitrogens with two attached hydrogens (primary N) is 1. The van der Waals surface area contributed by atoms with Crippen LogP contribution in [0.3, 0.4) is 0 Å². The van der Waals surface area contributed by atoms with Gasteiger partial charge in [0, 0.05) is 31.6 Å². The van der Waals surface area contributed by atoms with E-state index in [1.165, 1.54) is 0 Å². The summed E-state index contributed by atoms with van der Waals surface area (Å²) < 4.78 is 0. The first kappa shape index (κ1) is 18.2. The summed E-state index contributed by atoms with van der Waals surface area (Å²) in [6, 6.07) is 7.36. The summed E-state index contributed by atoms with van der Waals surface area (Å²) in [5.74, 6) is 0.0282. The van der Waals surface area contributed by atoms with E-state index in [0.29, 0.717) is 25.2 Å². The summed E-state index contributed by atoms with van der Waals surface area (Å²) in [6.45, 7) is 5.61. The number of carbonyl (C=O) groups excluding carboxylic acids is 2. The van der Waals surface area contributed by atoms with Crippen molar-refractivity contribution in [2.45, 2.75) is 33.2 Å². The molecule has 0 saturated carbocycles. The number of hydrogen-bond acceptors (Lipinski definition) is 3. The number of carbonyl (C=O) groups is 2. The van der Waals surface area contributed by atoms with Gasteiger partial charge in [-0.05, 0) is 37.1 Å². The van der Waals surface area contributed by atoms with Crippen LogP contribution in [0.15, 0.2) is 24.3 Å². The third-order valence-electron chi connectivity index (χ3n) is 3.42. The normalized spacial score (nSPS) is 10.6. The largest absolute Gasteiger partial charge is 0.352 e. The summed E-state index contributed by atoms with van der Waals surface area (Å²) in [5.41, 5.74) is 7.06. The number of rotatable bonds is 8. The van der Waals surface area contributed by atoms with E-state index < -0.39 is 0 Å². The Balaban J connectivity index is 2.52. The summed E-state index contributed by atoms with van der Waals surface area (Å²) in [7, 11) is 1.79. The fourth-order valence-corrected chi connectivity index (χ4v) is 2.13. The second-order valence-corrected chi connectivity index (χ2v) is 5.80. The molecule has 0 spiro atoms. The van der Waals surface area contributed by atoms with E-state index >= 15 is 0 Å². The number of nitrogens with zero attached hydrogens (tertiary/aromatic N) is 1. The lowest BCUT2D eigenvalue weighted by atomic mass is 10.1. The first-order valence-electron chi connectivity index (χ1n) is 7.78. The monoisotopic (exact) mass is 305 g/mol. The highest BCUT2D eigenvalue weighted by atomic mass is 16.2. The summed E-state index contributed by atoms with van der Waals surface area (Å²) in [4.78, 5) is 25.5. The van der Waals surface area contributed by atoms with Crippen LogP contribution >= 0.6 is 0 Å². The first-order chi connectivity index (χ1) is 10.5. The van der Waals surface area contributed by atoms with Gasteiger partial charge in [-0.2, -0.15) is 0 Å². The van der Waals surface area contributed by atoms with E-state index in [-0.39, 0.29) is 17.7 Å². The van der Waals surface area contributed by atoms with Crippen LogP contribution in [0.4, 0.5) is 0 Å². The Morgan fingerprint density at radius 1 is 1.18 bits per heavy atom. The quantitative estimate of drug-likeness (QED) is 0.719. The zero-order chi connectivity index (χ0) is 16.5. The Morgan fingerprint density at radius 2 is 1.82 bits per heavy atom. The standard InChI is InChI=1S/C17H27N3O2/c1-13(2)17(22)20(3)12-14-6-8-15(9-7-14)16(21)19-11-5-4-10-18/h6-9,13H,4-5,10-12,18H2,1-3H3,(H,19,21). The van der Waals surface area contributed by atoms with Crippen LogP contribution in [0.25, 0.3) is 0 Å². The molecule has 1 rings (SSSR count). The fourth-order valence-electron chi connectivity index (χ4n) is 2.13. The Hall–Kier alpha value is -1.88. The Bertz CT molecular complexity index is 483. The lowest BCUT2D eigenvalue weighted by Crippen LogP contribution is -2.30. The molecule has 0 fully saturated rings. The van der Waals surface area contributed by atoms with Crippen molar-refractivity contribution >= 4 is 11.8 Å². The van der Waals surface area contributed by atoms with Crippen molar-refractivity contribution in [3.8, 4) is 0 Å². The van der Waals surface area contributed by atoms with Gasteiger partial charge < -0.3 is 16.0 Å². The summed E-state index contributed by atoms with van der Waals surface area (Å²) >= 11 is 0. The first-order valence-corrected chi connectivity index (χ1v) is 7.78. The Kier molecular flexibility index (Phi) is 7.60. The van der Waals surface area contributed by atoms with Gasteiger partial charge in [0.05, 0.1) is 0 Å². The Labute approximate surface area is 132 Å². The molecule has 5 nitrogen and oxygen atoms in total. The zero-order valence-corrected chi connectivity index (χ0v) is 13.8. The maximum Gasteiger partial charge on any atom is 0.251 e. The van der Waals surface area contributed by atoms with Crippen molar-refractivity contribution in [1.29, 1.82) is 0 Å². The average molecular weight is 305 g/mol. The number of amides is 2. The van der Waals surface area contributed by atoms with Crippen LogP contribution in [0.5, 0.6) is 0 Å². The highest BCUT2D eigenvalue weighted by Crippen LogP contribution is 2.09. The van der Waals surface area contributed by atoms with E-state index in [9.17, 15) is 9.59 Å². The molecule has 1 aromatic carbocycles. The molecule has 0 aliphatic carbocycles. The van der Waals surface area contributed by atoms with Gasteiger partial charge in [-0.3, -0.25) is 9.59 Å². The molecule has 0 bridgehead atoms. The zero-order valence-electron chi connectivity index (χ0n) is 13.8. The van der Waals surface area contributed by atoms with Crippen molar-refractivity contribution in [1.82, 2.24) is 10.2 Å². The molecule has 22 heavy (non-hydrogen) atoms. The van der Waals surface area contributed by atoms with Crippen LogP contribution < -0.4 is 11.1 Å². The molecule has 122 valence electrons. The van der Waals surface area contributed by atoms with Gasteiger partial charge in [-0.15, -0.1) is 0 Å². The summed E-state index contributed by atoms with van der Waals surface area (Å²) in [6.07, 6.45) is 1.80. The highest BCUT2D eigenvalue weighted by Gasteiger charge is 2.13. The minimum atomic E-state index is -0.0739. The van der Waals surface area contributed by atoms with E-state index in [1.807, 2.05) is 26.0 Å². The molecule has 0 saturated heterocycles. The van der Waals surface area contributed by atoms with Crippen molar-refractivity contribution in [2.75, 3.05) is 20.1 Å². The molecule has 3 N–H and O–H groups in total. The number of nitrogens with one attached hydrogen (secondary N) is 1. The lowest BCUT2D eigenvalue weighted by Gasteiger charge is -2.19. The van der Waals surface area contributed by atoms with Crippen LogP contribution in [-0.4, -0.2) is 36.9 Å². The van der Waals surface area contributed by atoms with Gasteiger partial charge in [0.2, 0.25) is 5.91 Å². The molecular formula is C17H27N3O2. The number of benzene rings is 1. The molecule has 5 heteroatoms. The molecule has 0 unspecified atom stereocenters. The SMILES string of the molecule is CC(C)C(=O)N(C)Cc1ccc(C(=O)NCCCCN)cc1. The molecule has 0 atom stereocenters. The van der Waals surface area contributed by atoms with Crippen molar-refractivity contribution in [2.24, 2.45) is 11.7 Å². The molecule has 0 aromatic heterocycles. The van der Waals surface area contributed by atoms with Gasteiger partial charge in [0.15, 0.2) is 0 Å². The minimum Gasteiger partial charge on any atom is -0.352 e. The van der Waals surface area contributed by atoms with Gasteiger partial charge in [-0.25, -0.2) is 0 Å². The Morgan fingerprint density at radius 3 is 2.36 bits per heavy atom. The van der Waals surface area contributed by atoms with Gasteiger partial charge >= 0.3 is 0 Å². The maximum atomic E-state index is 11.9. The third kappa shape index (κ3) is 5.85. The molecule has 1 aromatic rings. The molecular weight excluding hydrogens is 278 g/mol. The maximum absolute atomic E-state index is 11.9. The molecule has 0 aliphatic heterocycles. The van der Waals surface area contributed by atoms with Crippen LogP contribution in [0, 0.1) is 5.92 Å². The molecule has 2 amide bonds. The third-order valence-corrected chi connectivity index (χ3v) is 3.42. The van der Waals surface area contributed by atoms with Crippen molar-refractivity contribution in [3.63, 3.8) is 0 Å². The second kappa shape index (κ2) is 9.20. The van der Waals surface area contributed by atoms with E-state index in [2.05, 4.69) is 5.32 Å². The van der Waals surface area contributed by atoms with Crippen molar-refractivity contribution in [3.05, 3.63) is 35.4 Å². The lowest BCUT2D eigenvalue weighted by molar-refractivity contribution is -0.133. The van der Waals surface area contributed by atoms with Crippen LogP contribution in [-0.2, 0) is 11.3 Å². The van der Waals surface area contributed by atoms with E-state index in [0.717, 1.165) is 18.4 Å². The van der Waals surface area contributed by atoms with E-state index in [1.54, 1.807) is 24.1 Å². The molecule has 0 heterocycles. The van der Waals surface area contributed by atoms with Crippen molar-refractivity contribution < 1.29 is 9.59 Å².